The number of carbonyl (C=O) groups is 2. The van der Waals surface area contributed by atoms with Crippen molar-refractivity contribution in [3.05, 3.63) is 35.6 Å². The molecule has 0 saturated carbocycles. The van der Waals surface area contributed by atoms with Crippen LogP contribution >= 0.6 is 0 Å². The van der Waals surface area contributed by atoms with Crippen LogP contribution in [0.3, 0.4) is 0 Å². The fourth-order valence-electron chi connectivity index (χ4n) is 1.46. The first-order valence-electron chi connectivity index (χ1n) is 6.44. The highest BCUT2D eigenvalue weighted by Crippen LogP contribution is 2.15. The van der Waals surface area contributed by atoms with Gasteiger partial charge in [-0.2, -0.15) is 5.26 Å². The third-order valence-electron chi connectivity index (χ3n) is 3.21. The second-order valence-electron chi connectivity index (χ2n) is 5.07. The normalized spacial score (nSPS) is 13.1. The Morgan fingerprint density at radius 3 is 2.57 bits per heavy atom. The number of carbonyl (C=O) groups excluding carboxylic acids is 2. The Bertz CT molecular complexity index is 581. The van der Waals surface area contributed by atoms with Gasteiger partial charge in [-0.25, -0.2) is 9.18 Å². The topological polar surface area (TPSA) is 79.2 Å². The molecule has 0 aliphatic rings. The summed E-state index contributed by atoms with van der Waals surface area (Å²) in [5.74, 6) is -2.37. The van der Waals surface area contributed by atoms with Gasteiger partial charge < -0.3 is 10.1 Å². The van der Waals surface area contributed by atoms with Crippen molar-refractivity contribution < 1.29 is 18.7 Å². The van der Waals surface area contributed by atoms with E-state index in [1.54, 1.807) is 20.8 Å². The lowest BCUT2D eigenvalue weighted by atomic mass is 9.90. The third-order valence-corrected chi connectivity index (χ3v) is 3.21. The molecule has 0 aromatic heterocycles. The zero-order valence-corrected chi connectivity index (χ0v) is 12.1. The van der Waals surface area contributed by atoms with Crippen molar-refractivity contribution in [1.29, 1.82) is 5.26 Å². The van der Waals surface area contributed by atoms with E-state index >= 15 is 0 Å². The zero-order valence-electron chi connectivity index (χ0n) is 12.1. The van der Waals surface area contributed by atoms with Crippen molar-refractivity contribution in [3.8, 4) is 6.07 Å². The summed E-state index contributed by atoms with van der Waals surface area (Å²) in [4.78, 5) is 23.3. The number of benzene rings is 1. The predicted octanol–water partition coefficient (Wildman–Crippen LogP) is 2.04. The maximum Gasteiger partial charge on any atom is 0.341 e. The van der Waals surface area contributed by atoms with Crippen molar-refractivity contribution in [2.24, 2.45) is 5.92 Å². The second-order valence-corrected chi connectivity index (χ2v) is 5.07. The summed E-state index contributed by atoms with van der Waals surface area (Å²) in [6.07, 6.45) is 0. The van der Waals surface area contributed by atoms with Gasteiger partial charge in [0.25, 0.3) is 5.91 Å². The van der Waals surface area contributed by atoms with E-state index in [0.717, 1.165) is 6.07 Å². The molecular weight excluding hydrogens is 275 g/mol. The maximum atomic E-state index is 13.4. The van der Waals surface area contributed by atoms with Crippen molar-refractivity contribution in [2.75, 3.05) is 6.61 Å². The molecule has 6 heteroatoms. The van der Waals surface area contributed by atoms with Crippen LogP contribution in [-0.2, 0) is 9.53 Å². The van der Waals surface area contributed by atoms with Gasteiger partial charge in [0.2, 0.25) is 0 Å². The minimum absolute atomic E-state index is 0.117. The Morgan fingerprint density at radius 1 is 1.43 bits per heavy atom. The molecule has 0 radical (unpaired) electrons. The fourth-order valence-corrected chi connectivity index (χ4v) is 1.46. The van der Waals surface area contributed by atoms with Gasteiger partial charge in [0.1, 0.15) is 11.4 Å². The summed E-state index contributed by atoms with van der Waals surface area (Å²) < 4.78 is 18.1. The summed E-state index contributed by atoms with van der Waals surface area (Å²) >= 11 is 0. The van der Waals surface area contributed by atoms with E-state index in [9.17, 15) is 14.0 Å². The SMILES string of the molecule is CC(C)[C@](C)(C#N)NC(=O)COC(=O)c1ccccc1F. The van der Waals surface area contributed by atoms with Crippen LogP contribution in [0.1, 0.15) is 31.1 Å². The van der Waals surface area contributed by atoms with Crippen LogP contribution in [0.4, 0.5) is 4.39 Å². The summed E-state index contributed by atoms with van der Waals surface area (Å²) in [5.41, 5.74) is -1.29. The Balaban J connectivity index is 2.60. The number of halogens is 1. The van der Waals surface area contributed by atoms with Crippen molar-refractivity contribution in [2.45, 2.75) is 26.3 Å². The van der Waals surface area contributed by atoms with E-state index in [1.165, 1.54) is 18.2 Å². The molecule has 1 rings (SSSR count). The van der Waals surface area contributed by atoms with Crippen LogP contribution in [0.15, 0.2) is 24.3 Å². The lowest BCUT2D eigenvalue weighted by Crippen LogP contribution is -2.50. The van der Waals surface area contributed by atoms with Gasteiger partial charge in [-0.1, -0.05) is 26.0 Å². The van der Waals surface area contributed by atoms with Crippen molar-refractivity contribution in [1.82, 2.24) is 5.32 Å². The second kappa shape index (κ2) is 6.84. The predicted molar refractivity (Wildman–Crippen MR) is 73.7 cm³/mol. The average Bonchev–Trinajstić information content (AvgIpc) is 2.44. The first-order chi connectivity index (χ1) is 9.80. The summed E-state index contributed by atoms with van der Waals surface area (Å²) in [5, 5.41) is 11.6. The Kier molecular flexibility index (Phi) is 5.42. The highest BCUT2D eigenvalue weighted by Gasteiger charge is 2.30. The maximum absolute atomic E-state index is 13.4. The first kappa shape index (κ1) is 16.6. The third kappa shape index (κ3) is 4.28. The largest absolute Gasteiger partial charge is 0.452 e. The monoisotopic (exact) mass is 292 g/mol. The molecule has 0 spiro atoms. The van der Waals surface area contributed by atoms with E-state index < -0.39 is 29.8 Å². The molecule has 0 unspecified atom stereocenters. The van der Waals surface area contributed by atoms with Gasteiger partial charge in [0.05, 0.1) is 11.6 Å². The first-order valence-corrected chi connectivity index (χ1v) is 6.44. The van der Waals surface area contributed by atoms with Crippen LogP contribution in [0, 0.1) is 23.1 Å². The molecule has 0 fully saturated rings. The molecule has 1 aromatic rings. The van der Waals surface area contributed by atoms with Gasteiger partial charge in [0.15, 0.2) is 6.61 Å². The Morgan fingerprint density at radius 2 is 2.05 bits per heavy atom. The lowest BCUT2D eigenvalue weighted by Gasteiger charge is -2.27. The van der Waals surface area contributed by atoms with Gasteiger partial charge >= 0.3 is 5.97 Å². The molecule has 1 aromatic carbocycles. The summed E-state index contributed by atoms with van der Waals surface area (Å²) in [7, 11) is 0. The minimum atomic E-state index is -1.05. The van der Waals surface area contributed by atoms with Gasteiger partial charge in [-0.15, -0.1) is 0 Å². The Hall–Kier alpha value is -2.42. The molecule has 0 aliphatic heterocycles. The lowest BCUT2D eigenvalue weighted by molar-refractivity contribution is -0.125. The number of nitrogens with one attached hydrogen (secondary N) is 1. The van der Waals surface area contributed by atoms with Gasteiger partial charge in [0, 0.05) is 0 Å². The molecule has 112 valence electrons. The van der Waals surface area contributed by atoms with Crippen LogP contribution in [0.2, 0.25) is 0 Å². The standard InChI is InChI=1S/C15H17FN2O3/c1-10(2)15(3,9-17)18-13(19)8-21-14(20)11-6-4-5-7-12(11)16/h4-7,10H,8H2,1-3H3,(H,18,19)/t15-/m0/s1. The van der Waals surface area contributed by atoms with Crippen LogP contribution in [-0.4, -0.2) is 24.0 Å². The van der Waals surface area contributed by atoms with E-state index in [1.807, 2.05) is 6.07 Å². The van der Waals surface area contributed by atoms with E-state index in [2.05, 4.69) is 5.32 Å². The molecule has 1 amide bonds. The van der Waals surface area contributed by atoms with E-state index in [-0.39, 0.29) is 11.5 Å². The van der Waals surface area contributed by atoms with Crippen molar-refractivity contribution >= 4 is 11.9 Å². The van der Waals surface area contributed by atoms with Gasteiger partial charge in [-0.3, -0.25) is 4.79 Å². The molecular formula is C15H17FN2O3. The van der Waals surface area contributed by atoms with Crippen LogP contribution in [0.5, 0.6) is 0 Å². The highest BCUT2D eigenvalue weighted by molar-refractivity contribution is 5.91. The van der Waals surface area contributed by atoms with E-state index in [4.69, 9.17) is 10.00 Å². The van der Waals surface area contributed by atoms with Crippen LogP contribution in [0.25, 0.3) is 0 Å². The average molecular weight is 292 g/mol. The number of esters is 1. The van der Waals surface area contributed by atoms with Crippen LogP contribution < -0.4 is 5.32 Å². The molecule has 0 aliphatic carbocycles. The number of rotatable bonds is 5. The number of amides is 1. The highest BCUT2D eigenvalue weighted by atomic mass is 19.1. The molecule has 0 saturated heterocycles. The minimum Gasteiger partial charge on any atom is -0.452 e. The molecule has 0 bridgehead atoms. The summed E-state index contributed by atoms with van der Waals surface area (Å²) in [6.45, 7) is 4.58. The molecule has 1 N–H and O–H groups in total. The molecule has 0 heterocycles. The molecule has 5 nitrogen and oxygen atoms in total. The number of nitrogens with zero attached hydrogens (tertiary/aromatic N) is 1. The number of nitriles is 1. The fraction of sp³-hybridized carbons (Fsp3) is 0.400. The zero-order chi connectivity index (χ0) is 16.0. The van der Waals surface area contributed by atoms with Crippen molar-refractivity contribution in [3.63, 3.8) is 0 Å². The molecule has 21 heavy (non-hydrogen) atoms. The van der Waals surface area contributed by atoms with E-state index in [0.29, 0.717) is 0 Å². The number of hydrogen-bond acceptors (Lipinski definition) is 4. The smallest absolute Gasteiger partial charge is 0.341 e. The summed E-state index contributed by atoms with van der Waals surface area (Å²) in [6, 6.07) is 7.33. The Labute approximate surface area is 122 Å². The molecule has 1 atom stereocenters. The van der Waals surface area contributed by atoms with Gasteiger partial charge in [-0.05, 0) is 25.0 Å². The number of ether oxygens (including phenoxy) is 1. The quantitative estimate of drug-likeness (QED) is 0.842. The number of hydrogen-bond donors (Lipinski definition) is 1.